The molecule has 0 aliphatic carbocycles. The lowest BCUT2D eigenvalue weighted by Gasteiger charge is -2.34. The maximum atomic E-state index is 12.5. The number of carbonyl (C=O) groups excluding carboxylic acids is 1. The van der Waals surface area contributed by atoms with Crippen LogP contribution in [0.5, 0.6) is 0 Å². The molecule has 8 heteroatoms. The summed E-state index contributed by atoms with van der Waals surface area (Å²) in [4.78, 5) is 26.5. The van der Waals surface area contributed by atoms with Gasteiger partial charge >= 0.3 is 12.1 Å². The Labute approximate surface area is 137 Å². The highest BCUT2D eigenvalue weighted by Crippen LogP contribution is 2.29. The monoisotopic (exact) mass is 344 g/mol. The fourth-order valence-electron chi connectivity index (χ4n) is 2.61. The van der Waals surface area contributed by atoms with Crippen LogP contribution < -0.4 is 0 Å². The van der Waals surface area contributed by atoms with E-state index >= 15 is 0 Å². The van der Waals surface area contributed by atoms with Crippen molar-refractivity contribution >= 4 is 11.9 Å². The van der Waals surface area contributed by atoms with Gasteiger partial charge in [0.1, 0.15) is 0 Å². The molecule has 0 spiro atoms. The van der Waals surface area contributed by atoms with E-state index in [9.17, 15) is 22.8 Å². The molecule has 2 rings (SSSR count). The molecule has 132 valence electrons. The van der Waals surface area contributed by atoms with Crippen molar-refractivity contribution in [2.45, 2.75) is 19.0 Å². The van der Waals surface area contributed by atoms with Gasteiger partial charge in [-0.2, -0.15) is 13.2 Å². The van der Waals surface area contributed by atoms with Crippen molar-refractivity contribution in [2.24, 2.45) is 0 Å². The molecule has 0 aromatic heterocycles. The van der Waals surface area contributed by atoms with Gasteiger partial charge in [0.05, 0.1) is 5.56 Å². The van der Waals surface area contributed by atoms with Crippen molar-refractivity contribution < 1.29 is 27.9 Å². The summed E-state index contributed by atoms with van der Waals surface area (Å²) in [5.41, 5.74) is -0.537. The zero-order valence-electron chi connectivity index (χ0n) is 13.1. The van der Waals surface area contributed by atoms with Crippen LogP contribution in [0.15, 0.2) is 24.3 Å². The van der Waals surface area contributed by atoms with Crippen LogP contribution in [0.25, 0.3) is 0 Å². The van der Waals surface area contributed by atoms with Gasteiger partial charge in [-0.05, 0) is 37.2 Å². The molecule has 24 heavy (non-hydrogen) atoms. The Morgan fingerprint density at radius 3 is 2.12 bits per heavy atom. The number of carboxylic acid groups (broad SMARTS) is 1. The second kappa shape index (κ2) is 7.65. The molecule has 5 nitrogen and oxygen atoms in total. The van der Waals surface area contributed by atoms with E-state index in [1.807, 2.05) is 0 Å². The number of hydrogen-bond acceptors (Lipinski definition) is 3. The fraction of sp³-hybridized carbons (Fsp3) is 0.500. The summed E-state index contributed by atoms with van der Waals surface area (Å²) in [6.45, 7) is 2.88. The average molecular weight is 344 g/mol. The minimum Gasteiger partial charge on any atom is -0.481 e. The van der Waals surface area contributed by atoms with Crippen molar-refractivity contribution in [1.29, 1.82) is 0 Å². The number of aliphatic carboxylic acids is 1. The van der Waals surface area contributed by atoms with Crippen molar-refractivity contribution in [3.63, 3.8) is 0 Å². The summed E-state index contributed by atoms with van der Waals surface area (Å²) < 4.78 is 37.6. The number of nitrogens with zero attached hydrogens (tertiary/aromatic N) is 2. The number of halogens is 3. The molecule has 0 unspecified atom stereocenters. The van der Waals surface area contributed by atoms with Gasteiger partial charge in [-0.25, -0.2) is 0 Å². The molecule has 0 radical (unpaired) electrons. The molecule has 1 N–H and O–H groups in total. The van der Waals surface area contributed by atoms with Crippen molar-refractivity contribution in [3.8, 4) is 0 Å². The van der Waals surface area contributed by atoms with Crippen LogP contribution in [0.1, 0.15) is 28.8 Å². The molecule has 1 saturated heterocycles. The SMILES string of the molecule is O=C(O)CCCN1CCN(C(=O)c2ccc(C(F)(F)F)cc2)CC1. The Hall–Kier alpha value is -2.09. The average Bonchev–Trinajstić information content (AvgIpc) is 2.54. The zero-order valence-corrected chi connectivity index (χ0v) is 13.1. The minimum absolute atomic E-state index is 0.116. The number of benzene rings is 1. The molecule has 1 aromatic rings. The first kappa shape index (κ1) is 18.3. The summed E-state index contributed by atoms with van der Waals surface area (Å²) in [6, 6.07) is 4.22. The molecule has 0 saturated carbocycles. The van der Waals surface area contributed by atoms with Gasteiger partial charge in [-0.3, -0.25) is 14.5 Å². The fourth-order valence-corrected chi connectivity index (χ4v) is 2.61. The zero-order chi connectivity index (χ0) is 17.7. The van der Waals surface area contributed by atoms with Gasteiger partial charge in [0.25, 0.3) is 5.91 Å². The molecule has 1 aliphatic heterocycles. The lowest BCUT2D eigenvalue weighted by molar-refractivity contribution is -0.138. The standard InChI is InChI=1S/C16H19F3N2O3/c17-16(18,19)13-5-3-12(4-6-13)15(24)21-10-8-20(9-11-21)7-1-2-14(22)23/h3-6H,1-2,7-11H2,(H,22,23). The normalized spacial score (nSPS) is 16.2. The number of hydrogen-bond donors (Lipinski definition) is 1. The highest BCUT2D eigenvalue weighted by atomic mass is 19.4. The quantitative estimate of drug-likeness (QED) is 0.891. The maximum Gasteiger partial charge on any atom is 0.416 e. The van der Waals surface area contributed by atoms with E-state index in [0.717, 1.165) is 12.1 Å². The maximum absolute atomic E-state index is 12.5. The molecule has 0 bridgehead atoms. The van der Waals surface area contributed by atoms with Crippen LogP contribution in [-0.2, 0) is 11.0 Å². The van der Waals surface area contributed by atoms with E-state index in [0.29, 0.717) is 39.1 Å². The summed E-state index contributed by atoms with van der Waals surface area (Å²) in [5, 5.41) is 8.61. The number of rotatable bonds is 5. The predicted octanol–water partition coefficient (Wildman–Crippen LogP) is 2.33. The number of carboxylic acids is 1. The first-order chi connectivity index (χ1) is 11.3. The third-order valence-electron chi connectivity index (χ3n) is 3.98. The van der Waals surface area contributed by atoms with Crippen molar-refractivity contribution in [2.75, 3.05) is 32.7 Å². The summed E-state index contributed by atoms with van der Waals surface area (Å²) in [6.07, 6.45) is -3.74. The number of amides is 1. The number of carbonyl (C=O) groups is 2. The molecule has 0 atom stereocenters. The summed E-state index contributed by atoms with van der Waals surface area (Å²) in [7, 11) is 0. The Morgan fingerprint density at radius 1 is 1.04 bits per heavy atom. The van der Waals surface area contributed by atoms with Gasteiger partial charge in [0.15, 0.2) is 0 Å². The van der Waals surface area contributed by atoms with Gasteiger partial charge in [0.2, 0.25) is 0 Å². The minimum atomic E-state index is -4.41. The number of alkyl halides is 3. The van der Waals surface area contributed by atoms with Crippen LogP contribution in [-0.4, -0.2) is 59.5 Å². The van der Waals surface area contributed by atoms with E-state index in [1.54, 1.807) is 4.90 Å². The van der Waals surface area contributed by atoms with Crippen LogP contribution in [0.2, 0.25) is 0 Å². The molecule has 1 aliphatic rings. The summed E-state index contributed by atoms with van der Waals surface area (Å²) >= 11 is 0. The van der Waals surface area contributed by atoms with Crippen LogP contribution in [0.3, 0.4) is 0 Å². The van der Waals surface area contributed by atoms with E-state index < -0.39 is 17.7 Å². The van der Waals surface area contributed by atoms with Crippen LogP contribution in [0, 0.1) is 0 Å². The lowest BCUT2D eigenvalue weighted by atomic mass is 10.1. The van der Waals surface area contributed by atoms with E-state index in [4.69, 9.17) is 5.11 Å². The van der Waals surface area contributed by atoms with Gasteiger partial charge in [-0.1, -0.05) is 0 Å². The Bertz CT molecular complexity index is 579. The second-order valence-corrected chi connectivity index (χ2v) is 5.71. The molecule has 1 aromatic carbocycles. The van der Waals surface area contributed by atoms with E-state index in [1.165, 1.54) is 12.1 Å². The first-order valence-corrected chi connectivity index (χ1v) is 7.68. The van der Waals surface area contributed by atoms with Crippen LogP contribution in [0.4, 0.5) is 13.2 Å². The van der Waals surface area contributed by atoms with Crippen molar-refractivity contribution in [1.82, 2.24) is 9.80 Å². The molecule has 1 fully saturated rings. The van der Waals surface area contributed by atoms with Gasteiger partial charge < -0.3 is 10.0 Å². The Kier molecular flexibility index (Phi) is 5.82. The van der Waals surface area contributed by atoms with E-state index in [-0.39, 0.29) is 17.9 Å². The van der Waals surface area contributed by atoms with Crippen molar-refractivity contribution in [3.05, 3.63) is 35.4 Å². The molecular weight excluding hydrogens is 325 g/mol. The Morgan fingerprint density at radius 2 is 1.62 bits per heavy atom. The molecule has 1 heterocycles. The third-order valence-corrected chi connectivity index (χ3v) is 3.98. The Balaban J connectivity index is 1.85. The third kappa shape index (κ3) is 4.95. The van der Waals surface area contributed by atoms with Gasteiger partial charge in [0, 0.05) is 38.2 Å². The first-order valence-electron chi connectivity index (χ1n) is 7.68. The summed E-state index contributed by atoms with van der Waals surface area (Å²) in [5.74, 6) is -1.11. The largest absolute Gasteiger partial charge is 0.481 e. The predicted molar refractivity (Wildman–Crippen MR) is 80.7 cm³/mol. The van der Waals surface area contributed by atoms with Crippen LogP contribution >= 0.6 is 0 Å². The number of piperazine rings is 1. The highest BCUT2D eigenvalue weighted by Gasteiger charge is 2.30. The molecule has 1 amide bonds. The highest BCUT2D eigenvalue weighted by molar-refractivity contribution is 5.94. The second-order valence-electron chi connectivity index (χ2n) is 5.71. The topological polar surface area (TPSA) is 60.9 Å². The lowest BCUT2D eigenvalue weighted by Crippen LogP contribution is -2.48. The van der Waals surface area contributed by atoms with Gasteiger partial charge in [-0.15, -0.1) is 0 Å². The smallest absolute Gasteiger partial charge is 0.416 e. The molecular formula is C16H19F3N2O3. The van der Waals surface area contributed by atoms with E-state index in [2.05, 4.69) is 4.90 Å².